The quantitative estimate of drug-likeness (QED) is 0.441. The number of carbonyl (C=O) groups is 1. The van der Waals surface area contributed by atoms with Gasteiger partial charge in [-0.05, 0) is 41.8 Å². The van der Waals surface area contributed by atoms with Crippen molar-refractivity contribution >= 4 is 34.2 Å². The van der Waals surface area contributed by atoms with Crippen LogP contribution >= 0.6 is 23.2 Å². The lowest BCUT2D eigenvalue weighted by molar-refractivity contribution is -0.106. The molecule has 0 aliphatic rings. The first-order valence-electron chi connectivity index (χ1n) is 6.81. The van der Waals surface area contributed by atoms with Gasteiger partial charge in [0.15, 0.2) is 5.71 Å². The van der Waals surface area contributed by atoms with Gasteiger partial charge >= 0.3 is 0 Å². The van der Waals surface area contributed by atoms with Crippen LogP contribution in [0.1, 0.15) is 16.7 Å². The van der Waals surface area contributed by atoms with Crippen molar-refractivity contribution in [2.45, 2.75) is 13.5 Å². The average molecular weight is 352 g/mol. The van der Waals surface area contributed by atoms with Crippen LogP contribution in [0.2, 0.25) is 5.02 Å². The Kier molecular flexibility index (Phi) is 6.02. The topological polar surface area (TPSA) is 47.9 Å². The van der Waals surface area contributed by atoms with E-state index < -0.39 is 5.24 Å². The zero-order valence-electron chi connectivity index (χ0n) is 12.7. The lowest BCUT2D eigenvalue weighted by Crippen LogP contribution is -2.14. The summed E-state index contributed by atoms with van der Waals surface area (Å²) in [6.07, 6.45) is 0. The van der Waals surface area contributed by atoms with E-state index in [9.17, 15) is 4.79 Å². The largest absolute Gasteiger partial charge is 0.487 e. The van der Waals surface area contributed by atoms with Gasteiger partial charge in [0.05, 0.1) is 5.02 Å². The van der Waals surface area contributed by atoms with Crippen molar-refractivity contribution in [2.24, 2.45) is 5.16 Å². The highest BCUT2D eigenvalue weighted by Crippen LogP contribution is 2.26. The van der Waals surface area contributed by atoms with Gasteiger partial charge in [0.25, 0.3) is 5.24 Å². The fourth-order valence-electron chi connectivity index (χ4n) is 2.04. The van der Waals surface area contributed by atoms with Crippen LogP contribution in [0.25, 0.3) is 0 Å². The van der Waals surface area contributed by atoms with Gasteiger partial charge < -0.3 is 9.57 Å². The molecule has 0 saturated carbocycles. The third kappa shape index (κ3) is 4.47. The molecule has 6 heteroatoms. The maximum Gasteiger partial charge on any atom is 0.274 e. The van der Waals surface area contributed by atoms with Crippen molar-refractivity contribution in [3.05, 3.63) is 64.2 Å². The summed E-state index contributed by atoms with van der Waals surface area (Å²) < 4.78 is 5.74. The van der Waals surface area contributed by atoms with Gasteiger partial charge in [-0.3, -0.25) is 4.79 Å². The minimum Gasteiger partial charge on any atom is -0.487 e. The number of hydrogen-bond donors (Lipinski definition) is 0. The SMILES string of the molecule is CO/N=C(/C(=O)Cl)c1ccccc1COc1ccc(C)cc1Cl. The van der Waals surface area contributed by atoms with Crippen LogP contribution in [-0.2, 0) is 16.2 Å². The summed E-state index contributed by atoms with van der Waals surface area (Å²) in [5.74, 6) is 0.564. The van der Waals surface area contributed by atoms with E-state index in [-0.39, 0.29) is 12.3 Å². The third-order valence-electron chi connectivity index (χ3n) is 3.11. The van der Waals surface area contributed by atoms with Crippen LogP contribution in [0.4, 0.5) is 0 Å². The smallest absolute Gasteiger partial charge is 0.274 e. The lowest BCUT2D eigenvalue weighted by Gasteiger charge is -2.12. The Morgan fingerprint density at radius 1 is 1.22 bits per heavy atom. The number of benzene rings is 2. The monoisotopic (exact) mass is 351 g/mol. The fourth-order valence-corrected chi connectivity index (χ4v) is 2.46. The normalized spacial score (nSPS) is 11.2. The predicted octanol–water partition coefficient (Wildman–Crippen LogP) is 4.34. The van der Waals surface area contributed by atoms with Gasteiger partial charge in [0.1, 0.15) is 19.5 Å². The number of hydrogen-bond acceptors (Lipinski definition) is 4. The molecule has 0 amide bonds. The van der Waals surface area contributed by atoms with Gasteiger partial charge in [-0.15, -0.1) is 0 Å². The minimum atomic E-state index is -0.701. The molecule has 2 aromatic carbocycles. The summed E-state index contributed by atoms with van der Waals surface area (Å²) in [6.45, 7) is 2.16. The maximum absolute atomic E-state index is 11.5. The van der Waals surface area contributed by atoms with Gasteiger partial charge in [-0.1, -0.05) is 47.1 Å². The number of aryl methyl sites for hydroxylation is 1. The molecule has 0 aliphatic carbocycles. The second-order valence-corrected chi connectivity index (χ2v) is 5.53. The first-order valence-corrected chi connectivity index (χ1v) is 7.56. The van der Waals surface area contributed by atoms with E-state index in [2.05, 4.69) is 5.16 Å². The third-order valence-corrected chi connectivity index (χ3v) is 3.59. The van der Waals surface area contributed by atoms with Crippen LogP contribution in [0.5, 0.6) is 5.75 Å². The molecule has 0 unspecified atom stereocenters. The summed E-state index contributed by atoms with van der Waals surface area (Å²) in [4.78, 5) is 16.2. The van der Waals surface area contributed by atoms with Gasteiger partial charge in [0.2, 0.25) is 0 Å². The second kappa shape index (κ2) is 7.99. The highest BCUT2D eigenvalue weighted by molar-refractivity contribution is 6.84. The van der Waals surface area contributed by atoms with Crippen molar-refractivity contribution in [2.75, 3.05) is 7.11 Å². The zero-order valence-corrected chi connectivity index (χ0v) is 14.2. The van der Waals surface area contributed by atoms with Gasteiger partial charge in [0, 0.05) is 5.56 Å². The molecule has 0 N–H and O–H groups in total. The van der Waals surface area contributed by atoms with Gasteiger partial charge in [-0.2, -0.15) is 0 Å². The van der Waals surface area contributed by atoms with E-state index in [0.717, 1.165) is 11.1 Å². The van der Waals surface area contributed by atoms with Crippen molar-refractivity contribution in [1.29, 1.82) is 0 Å². The number of rotatable bonds is 6. The predicted molar refractivity (Wildman–Crippen MR) is 91.4 cm³/mol. The summed E-state index contributed by atoms with van der Waals surface area (Å²) >= 11 is 11.7. The van der Waals surface area contributed by atoms with Crippen LogP contribution in [0.3, 0.4) is 0 Å². The Hall–Kier alpha value is -2.04. The Balaban J connectivity index is 2.27. The van der Waals surface area contributed by atoms with E-state index in [1.807, 2.05) is 31.2 Å². The van der Waals surface area contributed by atoms with Crippen molar-refractivity contribution in [3.63, 3.8) is 0 Å². The molecular formula is C17H15Cl2NO3. The van der Waals surface area contributed by atoms with Crippen LogP contribution < -0.4 is 4.74 Å². The molecule has 0 radical (unpaired) electrons. The number of ether oxygens (including phenoxy) is 1. The molecule has 2 rings (SSSR count). The Morgan fingerprint density at radius 2 is 1.96 bits per heavy atom. The molecule has 0 aliphatic heterocycles. The van der Waals surface area contributed by atoms with E-state index >= 15 is 0 Å². The Bertz CT molecular complexity index is 744. The highest BCUT2D eigenvalue weighted by Gasteiger charge is 2.17. The molecule has 0 bridgehead atoms. The number of halogens is 2. The van der Waals surface area contributed by atoms with Crippen molar-refractivity contribution in [3.8, 4) is 5.75 Å². The van der Waals surface area contributed by atoms with E-state index in [0.29, 0.717) is 16.3 Å². The fraction of sp³-hybridized carbons (Fsp3) is 0.176. The standard InChI is InChI=1S/C17H15Cl2NO3/c1-11-7-8-15(14(18)9-11)23-10-12-5-3-4-6-13(12)16(17(19)21)20-22-2/h3-9H,10H2,1-2H3/b20-16+. The number of nitrogens with zero attached hydrogens (tertiary/aromatic N) is 1. The molecule has 4 nitrogen and oxygen atoms in total. The minimum absolute atomic E-state index is 0.0309. The summed E-state index contributed by atoms with van der Waals surface area (Å²) in [6, 6.07) is 12.7. The molecule has 120 valence electrons. The number of oxime groups is 1. The van der Waals surface area contributed by atoms with Gasteiger partial charge in [-0.25, -0.2) is 0 Å². The first kappa shape index (κ1) is 17.3. The van der Waals surface area contributed by atoms with Crippen molar-refractivity contribution < 1.29 is 14.4 Å². The molecule has 23 heavy (non-hydrogen) atoms. The average Bonchev–Trinajstić information content (AvgIpc) is 2.52. The Morgan fingerprint density at radius 3 is 2.61 bits per heavy atom. The molecule has 0 atom stereocenters. The number of carbonyl (C=O) groups excluding carboxylic acids is 1. The van der Waals surface area contributed by atoms with E-state index in [1.165, 1.54) is 7.11 Å². The lowest BCUT2D eigenvalue weighted by atomic mass is 10.0. The molecule has 0 saturated heterocycles. The molecule has 0 heterocycles. The second-order valence-electron chi connectivity index (χ2n) is 4.78. The van der Waals surface area contributed by atoms with Crippen LogP contribution in [0.15, 0.2) is 47.6 Å². The molecular weight excluding hydrogens is 337 g/mol. The van der Waals surface area contributed by atoms with Crippen molar-refractivity contribution in [1.82, 2.24) is 0 Å². The summed E-state index contributed by atoms with van der Waals surface area (Å²) in [5, 5.41) is 3.52. The molecule has 2 aromatic rings. The highest BCUT2D eigenvalue weighted by atomic mass is 35.5. The zero-order chi connectivity index (χ0) is 16.8. The maximum atomic E-state index is 11.5. The summed E-state index contributed by atoms with van der Waals surface area (Å²) in [7, 11) is 1.35. The van der Waals surface area contributed by atoms with E-state index in [1.54, 1.807) is 18.2 Å². The first-order chi connectivity index (χ1) is 11.0. The molecule has 0 spiro atoms. The summed E-state index contributed by atoms with van der Waals surface area (Å²) in [5.41, 5.74) is 2.37. The Labute approximate surface area is 144 Å². The van der Waals surface area contributed by atoms with E-state index in [4.69, 9.17) is 32.8 Å². The molecule has 0 aromatic heterocycles. The molecule has 0 fully saturated rings. The van der Waals surface area contributed by atoms with Crippen LogP contribution in [0, 0.1) is 6.92 Å². The van der Waals surface area contributed by atoms with Crippen LogP contribution in [-0.4, -0.2) is 18.1 Å².